The first-order valence-corrected chi connectivity index (χ1v) is 7.45. The van der Waals surface area contributed by atoms with Gasteiger partial charge in [-0.05, 0) is 22.6 Å². The van der Waals surface area contributed by atoms with Crippen LogP contribution in [0.15, 0.2) is 15.8 Å². The fourth-order valence-electron chi connectivity index (χ4n) is 1.03. The van der Waals surface area contributed by atoms with Crippen molar-refractivity contribution < 1.29 is 8.42 Å². The lowest BCUT2D eigenvalue weighted by Crippen LogP contribution is -2.32. The summed E-state index contributed by atoms with van der Waals surface area (Å²) in [6, 6.07) is 0. The molecule has 0 radical (unpaired) electrons. The summed E-state index contributed by atoms with van der Waals surface area (Å²) in [7, 11) is -3.11. The van der Waals surface area contributed by atoms with E-state index < -0.39 is 21.1 Å². The summed E-state index contributed by atoms with van der Waals surface area (Å²) in [5, 5.41) is 0. The lowest BCUT2D eigenvalue weighted by atomic mass is 10.6. The zero-order valence-corrected chi connectivity index (χ0v) is 11.5. The van der Waals surface area contributed by atoms with Crippen molar-refractivity contribution in [3.63, 3.8) is 0 Å². The number of aromatic amines is 1. The molecule has 0 aliphatic heterocycles. The van der Waals surface area contributed by atoms with Gasteiger partial charge < -0.3 is 0 Å². The zero-order valence-electron chi connectivity index (χ0n) is 8.57. The zero-order chi connectivity index (χ0) is 12.3. The van der Waals surface area contributed by atoms with Crippen molar-refractivity contribution in [2.24, 2.45) is 0 Å². The number of halogens is 1. The van der Waals surface area contributed by atoms with Crippen molar-refractivity contribution in [1.82, 2.24) is 9.55 Å². The molecular formula is C8H11IN2O4S. The minimum Gasteiger partial charge on any atom is -0.299 e. The van der Waals surface area contributed by atoms with E-state index in [1.807, 2.05) is 0 Å². The van der Waals surface area contributed by atoms with E-state index in [1.165, 1.54) is 10.8 Å². The quantitative estimate of drug-likeness (QED) is 0.741. The van der Waals surface area contributed by atoms with Gasteiger partial charge in [0.25, 0.3) is 5.56 Å². The smallest absolute Gasteiger partial charge is 0.299 e. The van der Waals surface area contributed by atoms with Gasteiger partial charge in [-0.25, -0.2) is 13.2 Å². The minimum absolute atomic E-state index is 0.0438. The Morgan fingerprint density at radius 2 is 2.06 bits per heavy atom. The number of nitrogens with one attached hydrogen (secondary N) is 1. The first kappa shape index (κ1) is 13.4. The van der Waals surface area contributed by atoms with Gasteiger partial charge in [0.05, 0.1) is 9.32 Å². The highest BCUT2D eigenvalue weighted by Gasteiger charge is 2.09. The Kier molecular flexibility index (Phi) is 4.30. The Hall–Kier alpha value is -0.640. The molecule has 1 heterocycles. The van der Waals surface area contributed by atoms with Crippen molar-refractivity contribution in [3.05, 3.63) is 30.6 Å². The van der Waals surface area contributed by atoms with Gasteiger partial charge in [0.15, 0.2) is 9.84 Å². The number of sulfone groups is 1. The summed E-state index contributed by atoms with van der Waals surface area (Å²) < 4.78 is 24.0. The number of aryl methyl sites for hydroxylation is 1. The third-order valence-corrected chi connectivity index (χ3v) is 4.50. The van der Waals surface area contributed by atoms with Crippen LogP contribution in [0.3, 0.4) is 0 Å². The van der Waals surface area contributed by atoms with Gasteiger partial charge in [-0.1, -0.05) is 6.92 Å². The largest absolute Gasteiger partial charge is 0.328 e. The molecule has 0 aliphatic carbocycles. The van der Waals surface area contributed by atoms with Crippen LogP contribution in [-0.2, 0) is 16.4 Å². The van der Waals surface area contributed by atoms with Crippen LogP contribution in [0.5, 0.6) is 0 Å². The number of rotatable bonds is 4. The van der Waals surface area contributed by atoms with Crippen LogP contribution in [-0.4, -0.2) is 29.5 Å². The van der Waals surface area contributed by atoms with Gasteiger partial charge in [0.1, 0.15) is 0 Å². The second-order valence-corrected chi connectivity index (χ2v) is 6.80. The molecule has 0 saturated carbocycles. The van der Waals surface area contributed by atoms with E-state index in [4.69, 9.17) is 0 Å². The van der Waals surface area contributed by atoms with Crippen LogP contribution in [0.25, 0.3) is 0 Å². The summed E-state index contributed by atoms with van der Waals surface area (Å²) >= 11 is 1.78. The van der Waals surface area contributed by atoms with Gasteiger partial charge in [0, 0.05) is 18.5 Å². The molecule has 0 saturated heterocycles. The standard InChI is InChI=1S/C8H11IN2O4S/c1-2-16(14,15)4-3-11-5-6(9)7(12)10-8(11)13/h5H,2-4H2,1H3,(H,10,12,13). The first-order valence-electron chi connectivity index (χ1n) is 4.55. The van der Waals surface area contributed by atoms with Crippen LogP contribution < -0.4 is 11.2 Å². The third kappa shape index (κ3) is 3.44. The van der Waals surface area contributed by atoms with Gasteiger partial charge in [-0.2, -0.15) is 0 Å². The lowest BCUT2D eigenvalue weighted by Gasteiger charge is -2.05. The average molecular weight is 358 g/mol. The van der Waals surface area contributed by atoms with E-state index in [9.17, 15) is 18.0 Å². The Bertz CT molecular complexity index is 587. The molecule has 16 heavy (non-hydrogen) atoms. The van der Waals surface area contributed by atoms with Crippen molar-refractivity contribution in [2.75, 3.05) is 11.5 Å². The normalized spacial score (nSPS) is 11.6. The van der Waals surface area contributed by atoms with E-state index in [0.29, 0.717) is 3.57 Å². The van der Waals surface area contributed by atoms with E-state index in [1.54, 1.807) is 29.5 Å². The lowest BCUT2D eigenvalue weighted by molar-refractivity contribution is 0.586. The van der Waals surface area contributed by atoms with Crippen LogP contribution in [0.2, 0.25) is 0 Å². The SMILES string of the molecule is CCS(=O)(=O)CCn1cc(I)c(=O)[nH]c1=O. The number of aromatic nitrogens is 2. The number of nitrogens with zero attached hydrogens (tertiary/aromatic N) is 1. The molecule has 90 valence electrons. The summed E-state index contributed by atoms with van der Waals surface area (Å²) in [6.07, 6.45) is 1.35. The molecule has 6 nitrogen and oxygen atoms in total. The van der Waals surface area contributed by atoms with Crippen molar-refractivity contribution in [3.8, 4) is 0 Å². The van der Waals surface area contributed by atoms with Crippen molar-refractivity contribution >= 4 is 32.4 Å². The number of hydrogen-bond donors (Lipinski definition) is 1. The van der Waals surface area contributed by atoms with Crippen LogP contribution in [0.1, 0.15) is 6.92 Å². The molecule has 0 bridgehead atoms. The van der Waals surface area contributed by atoms with Crippen LogP contribution >= 0.6 is 22.6 Å². The molecule has 1 aromatic heterocycles. The first-order chi connectivity index (χ1) is 7.35. The van der Waals surface area contributed by atoms with E-state index >= 15 is 0 Å². The molecule has 0 unspecified atom stereocenters. The fraction of sp³-hybridized carbons (Fsp3) is 0.500. The van der Waals surface area contributed by atoms with Gasteiger partial charge >= 0.3 is 5.69 Å². The molecule has 8 heteroatoms. The highest BCUT2D eigenvalue weighted by molar-refractivity contribution is 14.1. The van der Waals surface area contributed by atoms with Gasteiger partial charge in [-0.3, -0.25) is 14.3 Å². The van der Waals surface area contributed by atoms with Crippen LogP contribution in [0, 0.1) is 3.57 Å². The Morgan fingerprint density at radius 3 is 2.62 bits per heavy atom. The maximum absolute atomic E-state index is 11.3. The number of H-pyrrole nitrogens is 1. The highest BCUT2D eigenvalue weighted by Crippen LogP contribution is 1.95. The minimum atomic E-state index is -3.11. The maximum atomic E-state index is 11.3. The Labute approximate surface area is 106 Å². The van der Waals surface area contributed by atoms with Crippen molar-refractivity contribution in [2.45, 2.75) is 13.5 Å². The summed E-state index contributed by atoms with van der Waals surface area (Å²) in [5.41, 5.74) is -1.04. The van der Waals surface area contributed by atoms with E-state index in [2.05, 4.69) is 4.98 Å². The molecule has 0 atom stereocenters. The Morgan fingerprint density at radius 1 is 1.44 bits per heavy atom. The molecular weight excluding hydrogens is 347 g/mol. The molecule has 0 fully saturated rings. The molecule has 1 rings (SSSR count). The van der Waals surface area contributed by atoms with Crippen molar-refractivity contribution in [1.29, 1.82) is 0 Å². The molecule has 1 aromatic rings. The summed E-state index contributed by atoms with van der Waals surface area (Å²) in [6.45, 7) is 1.61. The second-order valence-electron chi connectivity index (χ2n) is 3.17. The monoisotopic (exact) mass is 358 g/mol. The van der Waals surface area contributed by atoms with Gasteiger partial charge in [0.2, 0.25) is 0 Å². The second kappa shape index (κ2) is 5.13. The van der Waals surface area contributed by atoms with E-state index in [0.717, 1.165) is 0 Å². The fourth-order valence-corrected chi connectivity index (χ4v) is 2.27. The summed E-state index contributed by atoms with van der Waals surface area (Å²) in [4.78, 5) is 24.5. The Balaban J connectivity index is 2.96. The highest BCUT2D eigenvalue weighted by atomic mass is 127. The van der Waals surface area contributed by atoms with Crippen LogP contribution in [0.4, 0.5) is 0 Å². The molecule has 0 aliphatic rings. The maximum Gasteiger partial charge on any atom is 0.328 e. The predicted molar refractivity (Wildman–Crippen MR) is 68.4 cm³/mol. The molecule has 1 N–H and O–H groups in total. The van der Waals surface area contributed by atoms with E-state index in [-0.39, 0.29) is 18.1 Å². The molecule has 0 amide bonds. The number of hydrogen-bond acceptors (Lipinski definition) is 4. The third-order valence-electron chi connectivity index (χ3n) is 2.05. The topological polar surface area (TPSA) is 89.0 Å². The van der Waals surface area contributed by atoms with Gasteiger partial charge in [-0.15, -0.1) is 0 Å². The predicted octanol–water partition coefficient (Wildman–Crippen LogP) is -0.424. The average Bonchev–Trinajstić information content (AvgIpc) is 2.22. The molecule has 0 spiro atoms. The summed E-state index contributed by atoms with van der Waals surface area (Å²) in [5.74, 6) is -0.0618. The molecule has 0 aromatic carbocycles.